The molecule has 6 atom stereocenters. The van der Waals surface area contributed by atoms with Gasteiger partial charge in [-0.1, -0.05) is 30.3 Å². The van der Waals surface area contributed by atoms with E-state index in [4.69, 9.17) is 15.2 Å². The van der Waals surface area contributed by atoms with Gasteiger partial charge in [-0.2, -0.15) is 4.31 Å². The average Bonchev–Trinajstić information content (AvgIpc) is 3.68. The van der Waals surface area contributed by atoms with E-state index >= 15 is 0 Å². The van der Waals surface area contributed by atoms with Gasteiger partial charge < -0.3 is 30.9 Å². The minimum atomic E-state index is -4.07. The lowest BCUT2D eigenvalue weighted by Crippen LogP contribution is -2.52. The zero-order valence-corrected chi connectivity index (χ0v) is 23.7. The summed E-state index contributed by atoms with van der Waals surface area (Å²) in [4.78, 5) is 24.9. The Morgan fingerprint density at radius 2 is 1.88 bits per heavy atom. The molecule has 2 heterocycles. The molecule has 2 aromatic rings. The molecular formula is C29H38N4O7S. The van der Waals surface area contributed by atoms with Gasteiger partial charge in [0.05, 0.1) is 23.1 Å². The molecule has 1 saturated carbocycles. The number of hydrogen-bond donors (Lipinski definition) is 4. The van der Waals surface area contributed by atoms with E-state index in [1.807, 2.05) is 30.3 Å². The number of sulfonamides is 1. The van der Waals surface area contributed by atoms with Crippen molar-refractivity contribution < 1.29 is 32.6 Å². The Kier molecular flexibility index (Phi) is 9.12. The maximum atomic E-state index is 13.7. The molecule has 0 aromatic heterocycles. The van der Waals surface area contributed by atoms with Crippen LogP contribution in [-0.2, 0) is 30.7 Å². The molecule has 5 rings (SSSR count). The van der Waals surface area contributed by atoms with Crippen molar-refractivity contribution in [2.75, 3.05) is 25.4 Å². The molecule has 11 nitrogen and oxygen atoms in total. The molecule has 2 amide bonds. The van der Waals surface area contributed by atoms with Crippen LogP contribution in [-0.4, -0.2) is 79.9 Å². The summed E-state index contributed by atoms with van der Waals surface area (Å²) in [6.45, 7) is 0.327. The highest BCUT2D eigenvalue weighted by atomic mass is 32.2. The summed E-state index contributed by atoms with van der Waals surface area (Å²) in [6.07, 6.45) is 1.36. The van der Waals surface area contributed by atoms with E-state index in [0.717, 1.165) is 24.8 Å². The Labute approximate surface area is 240 Å². The SMILES string of the molecule is Nc1ccc(S(=O)(=O)N(C[C@@H]2CCC(=O)N2)C[C@@H](O)[C@H](Cc2ccccc2)NC(=O)OC2CC[C@H]3OCC[C@@H]23)cc1. The fourth-order valence-electron chi connectivity index (χ4n) is 6.01. The minimum absolute atomic E-state index is 0.0183. The first-order valence-electron chi connectivity index (χ1n) is 14.1. The van der Waals surface area contributed by atoms with Crippen molar-refractivity contribution >= 4 is 27.7 Å². The van der Waals surface area contributed by atoms with Crippen molar-refractivity contribution in [3.8, 4) is 0 Å². The van der Waals surface area contributed by atoms with E-state index in [1.54, 1.807) is 0 Å². The Hall–Kier alpha value is -3.19. The molecule has 0 spiro atoms. The summed E-state index contributed by atoms with van der Waals surface area (Å²) in [5.74, 6) is 0.0222. The van der Waals surface area contributed by atoms with Gasteiger partial charge in [0.15, 0.2) is 0 Å². The number of carbonyl (C=O) groups excluding carboxylic acids is 2. The number of benzene rings is 2. The predicted molar refractivity (Wildman–Crippen MR) is 151 cm³/mol. The zero-order valence-electron chi connectivity index (χ0n) is 22.9. The first-order valence-corrected chi connectivity index (χ1v) is 15.6. The maximum Gasteiger partial charge on any atom is 0.407 e. The van der Waals surface area contributed by atoms with Crippen molar-refractivity contribution in [2.45, 2.75) is 73.8 Å². The summed E-state index contributed by atoms with van der Waals surface area (Å²) >= 11 is 0. The number of nitrogens with zero attached hydrogens (tertiary/aromatic N) is 1. The van der Waals surface area contributed by atoms with Gasteiger partial charge in [-0.05, 0) is 61.9 Å². The molecule has 0 radical (unpaired) electrons. The molecule has 5 N–H and O–H groups in total. The number of aliphatic hydroxyl groups excluding tert-OH is 1. The van der Waals surface area contributed by atoms with Crippen LogP contribution >= 0.6 is 0 Å². The number of anilines is 1. The van der Waals surface area contributed by atoms with Gasteiger partial charge in [-0.15, -0.1) is 0 Å². The number of aliphatic hydroxyl groups is 1. The monoisotopic (exact) mass is 586 g/mol. The van der Waals surface area contributed by atoms with Crippen LogP contribution in [0.3, 0.4) is 0 Å². The number of fused-ring (bicyclic) bond motifs is 1. The number of hydrogen-bond acceptors (Lipinski definition) is 8. The normalized spacial score (nSPS) is 25.5. The van der Waals surface area contributed by atoms with E-state index in [1.165, 1.54) is 28.6 Å². The molecule has 222 valence electrons. The number of ether oxygens (including phenoxy) is 2. The van der Waals surface area contributed by atoms with Crippen molar-refractivity contribution in [2.24, 2.45) is 5.92 Å². The van der Waals surface area contributed by atoms with E-state index < -0.39 is 34.3 Å². The lowest BCUT2D eigenvalue weighted by Gasteiger charge is -2.31. The molecular weight excluding hydrogens is 548 g/mol. The van der Waals surface area contributed by atoms with Gasteiger partial charge in [0.2, 0.25) is 15.9 Å². The second-order valence-electron chi connectivity index (χ2n) is 11.1. The minimum Gasteiger partial charge on any atom is -0.446 e. The number of nitrogens with two attached hydrogens (primary N) is 1. The summed E-state index contributed by atoms with van der Waals surface area (Å²) in [5, 5.41) is 17.1. The number of nitrogens with one attached hydrogen (secondary N) is 2. The number of carbonyl (C=O) groups is 2. The van der Waals surface area contributed by atoms with E-state index in [0.29, 0.717) is 25.1 Å². The molecule has 0 bridgehead atoms. The van der Waals surface area contributed by atoms with Gasteiger partial charge in [0.25, 0.3) is 0 Å². The lowest BCUT2D eigenvalue weighted by molar-refractivity contribution is -0.119. The van der Waals surface area contributed by atoms with Crippen LogP contribution in [0.25, 0.3) is 0 Å². The number of amides is 2. The maximum absolute atomic E-state index is 13.7. The molecule has 1 aliphatic carbocycles. The van der Waals surface area contributed by atoms with Crippen LogP contribution in [0.5, 0.6) is 0 Å². The third-order valence-corrected chi connectivity index (χ3v) is 10.1. The van der Waals surface area contributed by atoms with Gasteiger partial charge in [-0.3, -0.25) is 4.79 Å². The van der Waals surface area contributed by atoms with Crippen molar-refractivity contribution in [1.82, 2.24) is 14.9 Å². The van der Waals surface area contributed by atoms with E-state index in [-0.39, 0.29) is 48.4 Å². The third kappa shape index (κ3) is 7.18. The number of alkyl carbamates (subject to hydrolysis) is 1. The summed E-state index contributed by atoms with van der Waals surface area (Å²) in [7, 11) is -4.07. The van der Waals surface area contributed by atoms with Crippen molar-refractivity contribution in [3.63, 3.8) is 0 Å². The largest absolute Gasteiger partial charge is 0.446 e. The number of rotatable bonds is 11. The van der Waals surface area contributed by atoms with Crippen LogP contribution in [0.1, 0.15) is 37.7 Å². The van der Waals surface area contributed by atoms with Crippen LogP contribution in [0, 0.1) is 5.92 Å². The van der Waals surface area contributed by atoms with E-state index in [9.17, 15) is 23.1 Å². The molecule has 2 saturated heterocycles. The molecule has 41 heavy (non-hydrogen) atoms. The smallest absolute Gasteiger partial charge is 0.407 e. The molecule has 2 aromatic carbocycles. The molecule has 12 heteroatoms. The van der Waals surface area contributed by atoms with E-state index in [2.05, 4.69) is 10.6 Å². The lowest BCUT2D eigenvalue weighted by atomic mass is 10.0. The summed E-state index contributed by atoms with van der Waals surface area (Å²) in [5.41, 5.74) is 7.04. The fraction of sp³-hybridized carbons (Fsp3) is 0.517. The zero-order chi connectivity index (χ0) is 29.0. The Morgan fingerprint density at radius 3 is 2.59 bits per heavy atom. The van der Waals surface area contributed by atoms with Crippen molar-refractivity contribution in [3.05, 3.63) is 60.2 Å². The first kappa shape index (κ1) is 29.3. The summed E-state index contributed by atoms with van der Waals surface area (Å²) in [6, 6.07) is 13.9. The van der Waals surface area contributed by atoms with Gasteiger partial charge >= 0.3 is 6.09 Å². The second kappa shape index (κ2) is 12.8. The van der Waals surface area contributed by atoms with Crippen molar-refractivity contribution in [1.29, 1.82) is 0 Å². The molecule has 3 aliphatic rings. The second-order valence-corrected chi connectivity index (χ2v) is 13.0. The highest BCUT2D eigenvalue weighted by Gasteiger charge is 2.43. The topological polar surface area (TPSA) is 160 Å². The Morgan fingerprint density at radius 1 is 1.12 bits per heavy atom. The third-order valence-electron chi connectivity index (χ3n) is 8.22. The Balaban J connectivity index is 1.34. The van der Waals surface area contributed by atoms with Crippen LogP contribution in [0.4, 0.5) is 10.5 Å². The molecule has 2 aliphatic heterocycles. The fourth-order valence-corrected chi connectivity index (χ4v) is 7.51. The van der Waals surface area contributed by atoms with Gasteiger partial charge in [0, 0.05) is 43.8 Å². The Bertz CT molecular complexity index is 1310. The van der Waals surface area contributed by atoms with Gasteiger partial charge in [0.1, 0.15) is 6.10 Å². The van der Waals surface area contributed by atoms with Crippen LogP contribution in [0.2, 0.25) is 0 Å². The van der Waals surface area contributed by atoms with Crippen LogP contribution in [0.15, 0.2) is 59.5 Å². The highest BCUT2D eigenvalue weighted by molar-refractivity contribution is 7.89. The molecule has 3 fully saturated rings. The van der Waals surface area contributed by atoms with Gasteiger partial charge in [-0.25, -0.2) is 13.2 Å². The quantitative estimate of drug-likeness (QED) is 0.290. The average molecular weight is 587 g/mol. The summed E-state index contributed by atoms with van der Waals surface area (Å²) < 4.78 is 40.1. The first-order chi connectivity index (χ1) is 19.7. The number of nitrogen functional groups attached to an aromatic ring is 1. The predicted octanol–water partition coefficient (Wildman–Crippen LogP) is 1.80. The van der Waals surface area contributed by atoms with Crippen LogP contribution < -0.4 is 16.4 Å². The molecule has 1 unspecified atom stereocenters. The standard InChI is InChI=1S/C29H38N4O7S/c30-20-6-9-22(10-7-20)41(37,38)33(17-21-8-13-28(35)31-21)18-25(34)24(16-19-4-2-1-3-5-19)32-29(36)40-27-12-11-26-23(27)14-15-39-26/h1-7,9-10,21,23-27,34H,8,11-18,30H2,(H,31,35)(H,32,36)/t21-,23+,24-,25+,26+,27?/m0/s1. The highest BCUT2D eigenvalue weighted by Crippen LogP contribution is 2.37.